The molecular weight excluding hydrogens is 244 g/mol. The van der Waals surface area contributed by atoms with E-state index in [1.165, 1.54) is 12.3 Å². The Hall–Kier alpha value is -0.610. The predicted molar refractivity (Wildman–Crippen MR) is 59.4 cm³/mol. The third-order valence-electron chi connectivity index (χ3n) is 1.52. The molecule has 0 aromatic carbocycles. The van der Waals surface area contributed by atoms with Gasteiger partial charge in [-0.15, -0.1) is 0 Å². The van der Waals surface area contributed by atoms with Crippen LogP contribution in [-0.4, -0.2) is 29.2 Å². The molecule has 14 heavy (non-hydrogen) atoms. The number of nitrogens with zero attached hydrogens (tertiary/aromatic N) is 2. The molecule has 1 N–H and O–H groups in total. The van der Waals surface area contributed by atoms with Crippen LogP contribution in [0.1, 0.15) is 25.1 Å². The molecule has 0 aliphatic carbocycles. The van der Waals surface area contributed by atoms with Gasteiger partial charge in [-0.2, -0.15) is 0 Å². The molecule has 2 heterocycles. The van der Waals surface area contributed by atoms with Gasteiger partial charge in [0.1, 0.15) is 0 Å². The number of hydrogen-bond acceptors (Lipinski definition) is 3. The van der Waals surface area contributed by atoms with Crippen molar-refractivity contribution in [2.75, 3.05) is 17.9 Å². The molecule has 1 fully saturated rings. The van der Waals surface area contributed by atoms with E-state index in [9.17, 15) is 5.11 Å². The predicted octanol–water partition coefficient (Wildman–Crippen LogP) is 1.81. The van der Waals surface area contributed by atoms with Crippen molar-refractivity contribution in [1.29, 1.82) is 0 Å². The second-order valence-electron chi connectivity index (χ2n) is 2.52. The van der Waals surface area contributed by atoms with E-state index in [1.54, 1.807) is 0 Å². The summed E-state index contributed by atoms with van der Waals surface area (Å²) >= 11 is 3.08. The van der Waals surface area contributed by atoms with Gasteiger partial charge in [0.15, 0.2) is 0 Å². The van der Waals surface area contributed by atoms with Gasteiger partial charge in [-0.3, -0.25) is 4.98 Å². The molecule has 4 heteroatoms. The SMILES string of the molecule is [2H]C1([2H])N(c2cncc(Br)c2)C([2H])([2H])C([2H])([2H])C([2H])(O)C1([2H])[2H]. The summed E-state index contributed by atoms with van der Waals surface area (Å²) in [6.45, 7) is -6.47. The minimum atomic E-state index is -3.66. The Labute approximate surface area is 105 Å². The summed E-state index contributed by atoms with van der Waals surface area (Å²) in [5.74, 6) is 0. The molecule has 0 spiro atoms. The van der Waals surface area contributed by atoms with Gasteiger partial charge in [-0.1, -0.05) is 0 Å². The van der Waals surface area contributed by atoms with Crippen LogP contribution in [0.4, 0.5) is 5.69 Å². The number of rotatable bonds is 1. The number of aromatic nitrogens is 1. The summed E-state index contributed by atoms with van der Waals surface area (Å²) in [4.78, 5) is 3.98. The highest BCUT2D eigenvalue weighted by Crippen LogP contribution is 2.21. The first kappa shape index (κ1) is 3.76. The molecule has 0 unspecified atom stereocenters. The van der Waals surface area contributed by atoms with E-state index in [0.29, 0.717) is 4.47 Å². The number of piperidine rings is 1. The van der Waals surface area contributed by atoms with E-state index >= 15 is 0 Å². The average Bonchev–Trinajstić information content (AvgIpc) is 2.36. The molecule has 0 atom stereocenters. The lowest BCUT2D eigenvalue weighted by molar-refractivity contribution is 0.145. The third-order valence-corrected chi connectivity index (χ3v) is 1.95. The molecule has 1 saturated heterocycles. The molecule has 1 aromatic heterocycles. The Kier molecular flexibility index (Phi) is 1.15. The maximum Gasteiger partial charge on any atom is 0.0602 e. The highest BCUT2D eigenvalue weighted by molar-refractivity contribution is 9.10. The Morgan fingerprint density at radius 1 is 1.57 bits per heavy atom. The zero-order valence-corrected chi connectivity index (χ0v) is 8.54. The van der Waals surface area contributed by atoms with Crippen molar-refractivity contribution in [2.45, 2.75) is 18.8 Å². The monoisotopic (exact) mass is 265 g/mol. The molecule has 1 aliphatic heterocycles. The van der Waals surface area contributed by atoms with Crippen LogP contribution in [0.25, 0.3) is 0 Å². The van der Waals surface area contributed by atoms with Crippen LogP contribution < -0.4 is 4.90 Å². The molecule has 76 valence electrons. The number of pyridine rings is 1. The fourth-order valence-corrected chi connectivity index (χ4v) is 1.28. The summed E-state index contributed by atoms with van der Waals surface area (Å²) in [5, 5.41) is 10.0. The van der Waals surface area contributed by atoms with Gasteiger partial charge in [-0.05, 0) is 34.7 Å². The van der Waals surface area contributed by atoms with Crippen molar-refractivity contribution in [2.24, 2.45) is 0 Å². The van der Waals surface area contributed by atoms with Crippen molar-refractivity contribution in [1.82, 2.24) is 4.98 Å². The molecule has 3 nitrogen and oxygen atoms in total. The Bertz CT molecular complexity index is 607. The summed E-state index contributed by atoms with van der Waals surface area (Å²) in [5.41, 5.74) is -0.238. The van der Waals surface area contributed by atoms with Crippen LogP contribution in [0.3, 0.4) is 0 Å². The molecule has 0 radical (unpaired) electrons. The van der Waals surface area contributed by atoms with Gasteiger partial charge < -0.3 is 10.0 Å². The summed E-state index contributed by atoms with van der Waals surface area (Å²) in [6, 6.07) is 1.24. The van der Waals surface area contributed by atoms with Crippen molar-refractivity contribution in [3.8, 4) is 0 Å². The largest absolute Gasteiger partial charge is 0.393 e. The highest BCUT2D eigenvalue weighted by atomic mass is 79.9. The van der Waals surface area contributed by atoms with Gasteiger partial charge in [0, 0.05) is 34.6 Å². The van der Waals surface area contributed by atoms with E-state index in [4.69, 9.17) is 12.3 Å². The van der Waals surface area contributed by atoms with E-state index in [0.717, 1.165) is 6.20 Å². The average molecular weight is 266 g/mol. The minimum Gasteiger partial charge on any atom is -0.393 e. The minimum absolute atomic E-state index is 0.237. The summed E-state index contributed by atoms with van der Waals surface area (Å²) < 4.78 is 70.9. The van der Waals surface area contributed by atoms with Crippen LogP contribution >= 0.6 is 15.9 Å². The zero-order chi connectivity index (χ0) is 18.1. The van der Waals surface area contributed by atoms with Gasteiger partial charge in [0.2, 0.25) is 0 Å². The zero-order valence-electron chi connectivity index (χ0n) is 16.0. The fourth-order valence-electron chi connectivity index (χ4n) is 0.929. The maximum atomic E-state index is 10.0. The van der Waals surface area contributed by atoms with E-state index in [1.807, 2.05) is 0 Å². The number of hydrogen-bond donors (Lipinski definition) is 1. The van der Waals surface area contributed by atoms with Crippen LogP contribution in [0.5, 0.6) is 0 Å². The first-order chi connectivity index (χ1) is 10.1. The van der Waals surface area contributed by atoms with Crippen molar-refractivity contribution in [3.05, 3.63) is 22.9 Å². The third kappa shape index (κ3) is 2.25. The van der Waals surface area contributed by atoms with E-state index in [-0.39, 0.29) is 10.6 Å². The molecular formula is C10H13BrN2O. The van der Waals surface area contributed by atoms with Gasteiger partial charge >= 0.3 is 0 Å². The quantitative estimate of drug-likeness (QED) is 0.842. The number of aliphatic hydroxyl groups is 1. The van der Waals surface area contributed by atoms with Gasteiger partial charge in [0.25, 0.3) is 0 Å². The molecule has 1 aromatic rings. The molecule has 0 amide bonds. The van der Waals surface area contributed by atoms with Crippen molar-refractivity contribution < 1.29 is 17.4 Å². The van der Waals surface area contributed by atoms with Crippen LogP contribution in [0, 0.1) is 0 Å². The lowest BCUT2D eigenvalue weighted by atomic mass is 10.1. The lowest BCUT2D eigenvalue weighted by Gasteiger charge is -2.31. The number of anilines is 1. The summed E-state index contributed by atoms with van der Waals surface area (Å²) in [7, 11) is 0. The van der Waals surface area contributed by atoms with Crippen LogP contribution in [0.2, 0.25) is 0 Å². The van der Waals surface area contributed by atoms with Crippen molar-refractivity contribution in [3.63, 3.8) is 0 Å². The Morgan fingerprint density at radius 3 is 2.93 bits per heavy atom. The van der Waals surface area contributed by atoms with E-state index in [2.05, 4.69) is 20.9 Å². The smallest absolute Gasteiger partial charge is 0.0602 e. The number of halogens is 1. The molecule has 0 saturated carbocycles. The summed E-state index contributed by atoms with van der Waals surface area (Å²) in [6.07, 6.45) is -8.18. The maximum absolute atomic E-state index is 10.0. The second kappa shape index (κ2) is 4.28. The standard InChI is InChI=1S/C10H13BrN2O/c11-8-5-9(7-12-6-8)13-3-1-10(14)2-4-13/h5-7,10,14H,1-4H2/i1D2,2D2,3D2,4D2,10D. The van der Waals surface area contributed by atoms with Gasteiger partial charge in [-0.25, -0.2) is 0 Å². The Balaban J connectivity index is 2.80. The van der Waals surface area contributed by atoms with Crippen molar-refractivity contribution >= 4 is 21.6 Å². The first-order valence-corrected chi connectivity index (χ1v) is 4.55. The fraction of sp³-hybridized carbons (Fsp3) is 0.500. The van der Waals surface area contributed by atoms with E-state index < -0.39 is 31.8 Å². The lowest BCUT2D eigenvalue weighted by Crippen LogP contribution is -2.35. The van der Waals surface area contributed by atoms with Crippen LogP contribution in [-0.2, 0) is 0 Å². The molecule has 2 rings (SSSR count). The molecule has 1 aliphatic rings. The normalized spacial score (nSPS) is 44.7. The highest BCUT2D eigenvalue weighted by Gasteiger charge is 2.17. The first-order valence-electron chi connectivity index (χ1n) is 8.25. The van der Waals surface area contributed by atoms with Crippen LogP contribution in [0.15, 0.2) is 22.9 Å². The van der Waals surface area contributed by atoms with Gasteiger partial charge in [0.05, 0.1) is 19.3 Å². The second-order valence-corrected chi connectivity index (χ2v) is 3.43. The Morgan fingerprint density at radius 2 is 2.29 bits per heavy atom. The topological polar surface area (TPSA) is 36.4 Å². The molecule has 0 bridgehead atoms.